The van der Waals surface area contributed by atoms with Crippen LogP contribution in [0.5, 0.6) is 0 Å². The highest BCUT2D eigenvalue weighted by atomic mass is 19.1. The van der Waals surface area contributed by atoms with Gasteiger partial charge in [0.1, 0.15) is 11.5 Å². The third-order valence-corrected chi connectivity index (χ3v) is 3.44. The number of halogens is 1. The highest BCUT2D eigenvalue weighted by Crippen LogP contribution is 2.14. The zero-order valence-electron chi connectivity index (χ0n) is 11.8. The smallest absolute Gasteiger partial charge is 0.172 e. The molecule has 0 N–H and O–H groups in total. The summed E-state index contributed by atoms with van der Waals surface area (Å²) in [5, 5.41) is 7.97. The molecular weight excluding hydrogens is 281 g/mol. The minimum Gasteiger partial charge on any atom is -0.296 e. The number of rotatable bonds is 5. The van der Waals surface area contributed by atoms with Crippen LogP contribution in [-0.4, -0.2) is 21.3 Å². The second-order valence-corrected chi connectivity index (χ2v) is 4.99. The molecule has 0 saturated heterocycles. The molecule has 0 bridgehead atoms. The molecule has 0 atom stereocenters. The Morgan fingerprint density at radius 1 is 1.00 bits per heavy atom. The van der Waals surface area contributed by atoms with Crippen molar-refractivity contribution in [3.05, 3.63) is 82.9 Å². The quantitative estimate of drug-likeness (QED) is 0.680. The van der Waals surface area contributed by atoms with E-state index in [0.29, 0.717) is 24.9 Å². The first-order valence-corrected chi connectivity index (χ1v) is 6.92. The van der Waals surface area contributed by atoms with Crippen molar-refractivity contribution < 1.29 is 9.18 Å². The van der Waals surface area contributed by atoms with Gasteiger partial charge in [0.05, 0.1) is 12.2 Å². The zero-order chi connectivity index (χ0) is 15.4. The molecular formula is C17H14FN3O. The second kappa shape index (κ2) is 6.30. The molecule has 0 aliphatic heterocycles. The summed E-state index contributed by atoms with van der Waals surface area (Å²) in [5.74, 6) is -0.282. The van der Waals surface area contributed by atoms with Gasteiger partial charge < -0.3 is 0 Å². The molecule has 1 heterocycles. The van der Waals surface area contributed by atoms with Crippen molar-refractivity contribution in [2.45, 2.75) is 13.0 Å². The van der Waals surface area contributed by atoms with Crippen molar-refractivity contribution in [1.82, 2.24) is 15.0 Å². The summed E-state index contributed by atoms with van der Waals surface area (Å²) in [7, 11) is 0. The average molecular weight is 295 g/mol. The molecule has 0 spiro atoms. The highest BCUT2D eigenvalue weighted by Gasteiger charge is 2.13. The fraction of sp³-hybridized carbons (Fsp3) is 0.118. The maximum atomic E-state index is 13.0. The Morgan fingerprint density at radius 2 is 1.73 bits per heavy atom. The lowest BCUT2D eigenvalue weighted by Gasteiger charge is -2.07. The predicted molar refractivity (Wildman–Crippen MR) is 80.2 cm³/mol. The molecule has 5 heteroatoms. The number of aromatic nitrogens is 3. The fourth-order valence-corrected chi connectivity index (χ4v) is 2.30. The first kappa shape index (κ1) is 14.1. The minimum atomic E-state index is -0.282. The molecule has 1 aromatic heterocycles. The SMILES string of the molecule is O=Cc1nnn(Cc2ccccc2)c1Cc1ccc(F)cc1. The van der Waals surface area contributed by atoms with Gasteiger partial charge in [-0.2, -0.15) is 0 Å². The third kappa shape index (κ3) is 3.09. The van der Waals surface area contributed by atoms with Crippen LogP contribution in [0.4, 0.5) is 4.39 Å². The van der Waals surface area contributed by atoms with Gasteiger partial charge >= 0.3 is 0 Å². The van der Waals surface area contributed by atoms with E-state index in [-0.39, 0.29) is 5.82 Å². The van der Waals surface area contributed by atoms with Crippen molar-refractivity contribution >= 4 is 6.29 Å². The standard InChI is InChI=1S/C17H14FN3O/c18-15-8-6-13(7-9-15)10-17-16(12-22)19-20-21(17)11-14-4-2-1-3-5-14/h1-9,12H,10-11H2. The maximum absolute atomic E-state index is 13.0. The lowest BCUT2D eigenvalue weighted by Crippen LogP contribution is -2.08. The van der Waals surface area contributed by atoms with Crippen LogP contribution >= 0.6 is 0 Å². The fourth-order valence-electron chi connectivity index (χ4n) is 2.30. The van der Waals surface area contributed by atoms with E-state index in [0.717, 1.165) is 16.8 Å². The number of aldehydes is 1. The summed E-state index contributed by atoms with van der Waals surface area (Å²) >= 11 is 0. The van der Waals surface area contributed by atoms with Crippen LogP contribution in [0, 0.1) is 5.82 Å². The van der Waals surface area contributed by atoms with E-state index in [4.69, 9.17) is 0 Å². The van der Waals surface area contributed by atoms with Crippen LogP contribution in [-0.2, 0) is 13.0 Å². The number of nitrogens with zero attached hydrogens (tertiary/aromatic N) is 3. The first-order valence-electron chi connectivity index (χ1n) is 6.92. The topological polar surface area (TPSA) is 47.8 Å². The number of carbonyl (C=O) groups excluding carboxylic acids is 1. The van der Waals surface area contributed by atoms with Gasteiger partial charge in [0, 0.05) is 6.42 Å². The summed E-state index contributed by atoms with van der Waals surface area (Å²) in [4.78, 5) is 11.2. The molecule has 0 aliphatic carbocycles. The van der Waals surface area contributed by atoms with E-state index in [9.17, 15) is 9.18 Å². The van der Waals surface area contributed by atoms with Crippen LogP contribution in [0.2, 0.25) is 0 Å². The van der Waals surface area contributed by atoms with Crippen molar-refractivity contribution in [2.75, 3.05) is 0 Å². The Morgan fingerprint density at radius 3 is 2.41 bits per heavy atom. The zero-order valence-corrected chi connectivity index (χ0v) is 11.8. The largest absolute Gasteiger partial charge is 0.296 e. The van der Waals surface area contributed by atoms with Gasteiger partial charge in [0.15, 0.2) is 6.29 Å². The lowest BCUT2D eigenvalue weighted by molar-refractivity contribution is 0.111. The van der Waals surface area contributed by atoms with Gasteiger partial charge in [-0.25, -0.2) is 9.07 Å². The van der Waals surface area contributed by atoms with Gasteiger partial charge in [-0.1, -0.05) is 47.7 Å². The average Bonchev–Trinajstić information content (AvgIpc) is 2.92. The molecule has 0 saturated carbocycles. The third-order valence-electron chi connectivity index (χ3n) is 3.44. The molecule has 0 unspecified atom stereocenters. The van der Waals surface area contributed by atoms with Crippen molar-refractivity contribution in [3.63, 3.8) is 0 Å². The Kier molecular flexibility index (Phi) is 4.05. The summed E-state index contributed by atoms with van der Waals surface area (Å²) in [6, 6.07) is 16.0. The summed E-state index contributed by atoms with van der Waals surface area (Å²) in [6.07, 6.45) is 1.18. The van der Waals surface area contributed by atoms with Gasteiger partial charge in [-0.3, -0.25) is 4.79 Å². The number of carbonyl (C=O) groups is 1. The first-order chi connectivity index (χ1) is 10.8. The van der Waals surface area contributed by atoms with Gasteiger partial charge in [-0.15, -0.1) is 5.10 Å². The monoisotopic (exact) mass is 295 g/mol. The summed E-state index contributed by atoms with van der Waals surface area (Å²) in [5.41, 5.74) is 3.03. The Bertz CT molecular complexity index is 766. The van der Waals surface area contributed by atoms with E-state index >= 15 is 0 Å². The second-order valence-electron chi connectivity index (χ2n) is 4.99. The Hall–Kier alpha value is -2.82. The lowest BCUT2D eigenvalue weighted by atomic mass is 10.1. The van der Waals surface area contributed by atoms with E-state index in [1.165, 1.54) is 12.1 Å². The molecule has 3 rings (SSSR count). The maximum Gasteiger partial charge on any atom is 0.172 e. The number of benzene rings is 2. The van der Waals surface area contributed by atoms with E-state index in [1.54, 1.807) is 16.8 Å². The molecule has 4 nitrogen and oxygen atoms in total. The molecule has 22 heavy (non-hydrogen) atoms. The molecule has 0 fully saturated rings. The molecule has 0 amide bonds. The van der Waals surface area contributed by atoms with Gasteiger partial charge in [-0.05, 0) is 23.3 Å². The molecule has 3 aromatic rings. The summed E-state index contributed by atoms with van der Waals surface area (Å²) < 4.78 is 14.7. The van der Waals surface area contributed by atoms with Crippen LogP contribution in [0.15, 0.2) is 54.6 Å². The molecule has 110 valence electrons. The van der Waals surface area contributed by atoms with Gasteiger partial charge in [0.2, 0.25) is 0 Å². The van der Waals surface area contributed by atoms with Crippen LogP contribution in [0.25, 0.3) is 0 Å². The van der Waals surface area contributed by atoms with Gasteiger partial charge in [0.25, 0.3) is 0 Å². The predicted octanol–water partition coefficient (Wildman–Crippen LogP) is 2.87. The number of hydrogen-bond donors (Lipinski definition) is 0. The molecule has 0 aliphatic rings. The molecule has 0 radical (unpaired) electrons. The van der Waals surface area contributed by atoms with Crippen molar-refractivity contribution in [3.8, 4) is 0 Å². The van der Waals surface area contributed by atoms with E-state index in [2.05, 4.69) is 10.3 Å². The summed E-state index contributed by atoms with van der Waals surface area (Å²) in [6.45, 7) is 0.540. The van der Waals surface area contributed by atoms with Crippen LogP contribution < -0.4 is 0 Å². The number of hydrogen-bond acceptors (Lipinski definition) is 3. The molecule has 2 aromatic carbocycles. The van der Waals surface area contributed by atoms with E-state index in [1.807, 2.05) is 30.3 Å². The van der Waals surface area contributed by atoms with Crippen LogP contribution in [0.3, 0.4) is 0 Å². The van der Waals surface area contributed by atoms with Crippen molar-refractivity contribution in [2.24, 2.45) is 0 Å². The Labute approximate surface area is 127 Å². The highest BCUT2D eigenvalue weighted by molar-refractivity contribution is 5.73. The minimum absolute atomic E-state index is 0.282. The normalized spacial score (nSPS) is 10.6. The van der Waals surface area contributed by atoms with Crippen molar-refractivity contribution in [1.29, 1.82) is 0 Å². The van der Waals surface area contributed by atoms with E-state index < -0.39 is 0 Å². The van der Waals surface area contributed by atoms with Crippen LogP contribution in [0.1, 0.15) is 27.3 Å². The Balaban J connectivity index is 1.90.